The van der Waals surface area contributed by atoms with Crippen molar-refractivity contribution in [3.63, 3.8) is 0 Å². The molecule has 32 heavy (non-hydrogen) atoms. The Balaban J connectivity index is 1.80. The van der Waals surface area contributed by atoms with Gasteiger partial charge in [-0.15, -0.1) is 0 Å². The van der Waals surface area contributed by atoms with Crippen LogP contribution in [0.1, 0.15) is 52.9 Å². The molecule has 0 aliphatic heterocycles. The largest absolute Gasteiger partial charge is 0.453 e. The van der Waals surface area contributed by atoms with Crippen LogP contribution in [0.3, 0.4) is 0 Å². The van der Waals surface area contributed by atoms with Crippen LogP contribution in [0.2, 0.25) is 0 Å². The quantitative estimate of drug-likeness (QED) is 0.297. The molecule has 0 bridgehead atoms. The van der Waals surface area contributed by atoms with E-state index in [1.54, 1.807) is 66.9 Å². The van der Waals surface area contributed by atoms with Crippen LogP contribution in [0.15, 0.2) is 77.3 Å². The number of pyridine rings is 2. The van der Waals surface area contributed by atoms with Gasteiger partial charge in [0.1, 0.15) is 5.58 Å². The lowest BCUT2D eigenvalue weighted by Gasteiger charge is -2.18. The molecule has 0 spiro atoms. The van der Waals surface area contributed by atoms with Crippen molar-refractivity contribution < 1.29 is 14.0 Å². The molecule has 0 radical (unpaired) electrons. The summed E-state index contributed by atoms with van der Waals surface area (Å²) in [5.41, 5.74) is 1.40. The predicted octanol–water partition coefficient (Wildman–Crippen LogP) is 7.53. The number of fused-ring (bicyclic) bond motifs is 3. The third-order valence-electron chi connectivity index (χ3n) is 5.07. The van der Waals surface area contributed by atoms with Gasteiger partial charge < -0.3 is 4.42 Å². The SMILES string of the molecule is [2H]C([2H])([2H])c1cc2c(oc3c(-c4cc(C([2H])([2H])C(C)(C)C)ccn4)cccc32)c(C([2H])([2H])c2ccccc2)n1. The smallest absolute Gasteiger partial charge is 0.157 e. The van der Waals surface area contributed by atoms with E-state index in [9.17, 15) is 0 Å². The summed E-state index contributed by atoms with van der Waals surface area (Å²) in [6.45, 7) is 2.95. The number of nitrogens with zero attached hydrogens (tertiary/aromatic N) is 2. The van der Waals surface area contributed by atoms with Crippen LogP contribution < -0.4 is 0 Å². The molecule has 0 N–H and O–H groups in total. The molecule has 2 aromatic carbocycles. The van der Waals surface area contributed by atoms with Gasteiger partial charge in [0.25, 0.3) is 0 Å². The number of aryl methyl sites for hydroxylation is 1. The van der Waals surface area contributed by atoms with Crippen LogP contribution in [-0.2, 0) is 12.7 Å². The maximum absolute atomic E-state index is 8.94. The van der Waals surface area contributed by atoms with Crippen LogP contribution in [0.4, 0.5) is 0 Å². The lowest BCUT2D eigenvalue weighted by Crippen LogP contribution is -2.09. The molecular weight excluding hydrogens is 392 g/mol. The Kier molecular flexibility index (Phi) is 3.42. The summed E-state index contributed by atoms with van der Waals surface area (Å²) in [4.78, 5) is 8.79. The summed E-state index contributed by atoms with van der Waals surface area (Å²) in [5, 5.41) is 1.02. The lowest BCUT2D eigenvalue weighted by atomic mass is 9.88. The van der Waals surface area contributed by atoms with Crippen molar-refractivity contribution in [2.24, 2.45) is 5.41 Å². The van der Waals surface area contributed by atoms with Crippen molar-refractivity contribution in [1.29, 1.82) is 0 Å². The van der Waals surface area contributed by atoms with E-state index in [0.29, 0.717) is 38.7 Å². The van der Waals surface area contributed by atoms with Gasteiger partial charge in [-0.2, -0.15) is 0 Å². The van der Waals surface area contributed by atoms with E-state index in [2.05, 4.69) is 9.97 Å². The van der Waals surface area contributed by atoms with Gasteiger partial charge in [0, 0.05) is 44.2 Å². The Morgan fingerprint density at radius 2 is 1.75 bits per heavy atom. The first-order valence-electron chi connectivity index (χ1n) is 14.0. The Bertz CT molecular complexity index is 1680. The van der Waals surface area contributed by atoms with Crippen LogP contribution >= 0.6 is 0 Å². The van der Waals surface area contributed by atoms with Crippen LogP contribution in [0.25, 0.3) is 33.2 Å². The summed E-state index contributed by atoms with van der Waals surface area (Å²) in [6.07, 6.45) is -2.22. The van der Waals surface area contributed by atoms with E-state index in [0.717, 1.165) is 0 Å². The first-order chi connectivity index (χ1) is 18.1. The highest BCUT2D eigenvalue weighted by molar-refractivity contribution is 6.10. The molecular formula is C29H28N2O. The second-order valence-electron chi connectivity index (χ2n) is 8.81. The minimum atomic E-state index is -2.56. The fraction of sp³-hybridized carbons (Fsp3) is 0.241. The van der Waals surface area contributed by atoms with Crippen molar-refractivity contribution in [3.05, 3.63) is 95.4 Å². The average molecular weight is 428 g/mol. The topological polar surface area (TPSA) is 38.9 Å². The van der Waals surface area contributed by atoms with Gasteiger partial charge >= 0.3 is 0 Å². The first kappa shape index (κ1) is 13.8. The molecule has 0 fully saturated rings. The highest BCUT2D eigenvalue weighted by Crippen LogP contribution is 2.37. The molecule has 0 saturated carbocycles. The number of rotatable bonds is 4. The van der Waals surface area contributed by atoms with Crippen LogP contribution in [-0.4, -0.2) is 9.97 Å². The molecule has 3 heterocycles. The van der Waals surface area contributed by atoms with Gasteiger partial charge in [0.15, 0.2) is 5.58 Å². The Morgan fingerprint density at radius 1 is 0.906 bits per heavy atom. The van der Waals surface area contributed by atoms with Gasteiger partial charge in [0.2, 0.25) is 0 Å². The number of para-hydroxylation sites is 1. The van der Waals surface area contributed by atoms with E-state index in [1.807, 2.05) is 20.8 Å². The third-order valence-corrected chi connectivity index (χ3v) is 5.07. The number of hydrogen-bond donors (Lipinski definition) is 0. The van der Waals surface area contributed by atoms with E-state index in [-0.39, 0.29) is 17.0 Å². The fourth-order valence-corrected chi connectivity index (χ4v) is 3.83. The predicted molar refractivity (Wildman–Crippen MR) is 132 cm³/mol. The number of furan rings is 1. The Morgan fingerprint density at radius 3 is 2.53 bits per heavy atom. The van der Waals surface area contributed by atoms with Crippen molar-refractivity contribution in [2.75, 3.05) is 0 Å². The van der Waals surface area contributed by atoms with Gasteiger partial charge in [-0.05, 0) is 54.0 Å². The third kappa shape index (κ3) is 4.03. The molecule has 3 aromatic heterocycles. The van der Waals surface area contributed by atoms with E-state index in [1.165, 1.54) is 6.07 Å². The van der Waals surface area contributed by atoms with E-state index >= 15 is 0 Å². The molecule has 0 aliphatic rings. The lowest BCUT2D eigenvalue weighted by molar-refractivity contribution is 0.411. The summed E-state index contributed by atoms with van der Waals surface area (Å²) < 4.78 is 65.6. The maximum atomic E-state index is 8.94. The number of aromatic nitrogens is 2. The van der Waals surface area contributed by atoms with Crippen LogP contribution in [0.5, 0.6) is 0 Å². The average Bonchev–Trinajstić information content (AvgIpc) is 3.26. The maximum Gasteiger partial charge on any atom is 0.157 e. The molecule has 0 atom stereocenters. The normalized spacial score (nSPS) is 16.5. The summed E-state index contributed by atoms with van der Waals surface area (Å²) in [7, 11) is 0. The highest BCUT2D eigenvalue weighted by Gasteiger charge is 2.18. The second-order valence-corrected chi connectivity index (χ2v) is 8.81. The van der Waals surface area contributed by atoms with Crippen molar-refractivity contribution in [3.8, 4) is 11.3 Å². The zero-order valence-electron chi connectivity index (χ0n) is 25.2. The molecule has 0 saturated heterocycles. The summed E-state index contributed by atoms with van der Waals surface area (Å²) >= 11 is 0. The van der Waals surface area contributed by atoms with E-state index in [4.69, 9.17) is 14.0 Å². The molecule has 5 rings (SSSR count). The van der Waals surface area contributed by atoms with Gasteiger partial charge in [0.05, 0.1) is 11.4 Å². The summed E-state index contributed by atoms with van der Waals surface area (Å²) in [5.74, 6) is 0. The Hall–Kier alpha value is -3.46. The molecule has 0 aliphatic carbocycles. The zero-order valence-corrected chi connectivity index (χ0v) is 18.2. The second kappa shape index (κ2) is 7.90. The van der Waals surface area contributed by atoms with Crippen molar-refractivity contribution >= 4 is 21.9 Å². The molecule has 3 heteroatoms. The van der Waals surface area contributed by atoms with Gasteiger partial charge in [-0.25, -0.2) is 0 Å². The molecule has 5 aromatic rings. The fourth-order valence-electron chi connectivity index (χ4n) is 3.83. The zero-order chi connectivity index (χ0) is 28.4. The highest BCUT2D eigenvalue weighted by atomic mass is 16.3. The number of hydrogen-bond acceptors (Lipinski definition) is 3. The molecule has 160 valence electrons. The van der Waals surface area contributed by atoms with Crippen molar-refractivity contribution in [1.82, 2.24) is 9.97 Å². The summed E-state index contributed by atoms with van der Waals surface area (Å²) in [6, 6.07) is 18.6. The number of benzene rings is 2. The van der Waals surface area contributed by atoms with Crippen LogP contribution in [0, 0.1) is 12.3 Å². The van der Waals surface area contributed by atoms with Gasteiger partial charge in [-0.3, -0.25) is 9.97 Å². The standard InChI is InChI=1S/C29H28N2O/c1-19-15-24-22-11-8-12-23(25-17-21(13-14-30-25)18-29(2,3)4)27(22)32-28(24)26(31-19)16-20-9-6-5-7-10-20/h5-15,17H,16,18H2,1-4H3/i1D3,16D2,18D2. The molecule has 0 unspecified atom stereocenters. The molecule has 3 nitrogen and oxygen atoms in total. The van der Waals surface area contributed by atoms with E-state index < -0.39 is 25.0 Å². The first-order valence-corrected chi connectivity index (χ1v) is 10.5. The Labute approximate surface area is 199 Å². The minimum Gasteiger partial charge on any atom is -0.453 e. The van der Waals surface area contributed by atoms with Gasteiger partial charge in [-0.1, -0.05) is 63.2 Å². The van der Waals surface area contributed by atoms with Crippen molar-refractivity contribution in [2.45, 2.75) is 40.4 Å². The molecule has 0 amide bonds. The minimum absolute atomic E-state index is 0.120. The monoisotopic (exact) mass is 427 g/mol.